The third-order valence-electron chi connectivity index (χ3n) is 3.98. The number of carbonyl (C=O) groups is 1. The molecule has 1 aliphatic heterocycles. The van der Waals surface area contributed by atoms with E-state index in [4.69, 9.17) is 4.74 Å². The van der Waals surface area contributed by atoms with E-state index >= 15 is 0 Å². The van der Waals surface area contributed by atoms with Crippen LogP contribution in [-0.2, 0) is 4.74 Å². The lowest BCUT2D eigenvalue weighted by Crippen LogP contribution is -2.48. The van der Waals surface area contributed by atoms with Crippen LogP contribution in [0.4, 0.5) is 0 Å². The third-order valence-corrected chi connectivity index (χ3v) is 3.98. The number of amides is 1. The normalized spacial score (nSPS) is 23.1. The van der Waals surface area contributed by atoms with Gasteiger partial charge in [-0.3, -0.25) is 4.79 Å². The van der Waals surface area contributed by atoms with E-state index in [-0.39, 0.29) is 23.6 Å². The van der Waals surface area contributed by atoms with E-state index in [0.717, 1.165) is 19.3 Å². The van der Waals surface area contributed by atoms with E-state index < -0.39 is 0 Å². The van der Waals surface area contributed by atoms with Gasteiger partial charge in [-0.25, -0.2) is 4.63 Å². The Hall–Kier alpha value is -1.47. The number of aromatic nitrogens is 2. The molecule has 1 aromatic heterocycles. The Morgan fingerprint density at radius 1 is 1.55 bits per heavy atom. The summed E-state index contributed by atoms with van der Waals surface area (Å²) in [5, 5.41) is 17.0. The van der Waals surface area contributed by atoms with Gasteiger partial charge in [-0.2, -0.15) is 0 Å². The molecule has 7 nitrogen and oxygen atoms in total. The molecule has 0 radical (unpaired) electrons. The van der Waals surface area contributed by atoms with Crippen molar-refractivity contribution in [2.24, 2.45) is 5.41 Å². The molecule has 1 N–H and O–H groups in total. The molecule has 1 atom stereocenters. The van der Waals surface area contributed by atoms with Crippen molar-refractivity contribution in [1.82, 2.24) is 15.2 Å². The smallest absolute Gasteiger partial charge is 0.278 e. The largest absolute Gasteiger partial charge is 0.396 e. The number of aliphatic hydroxyl groups excluding tert-OH is 1. The number of aryl methyl sites for hydroxylation is 1. The number of carbonyl (C=O) groups excluding carboxylic acids is 1. The van der Waals surface area contributed by atoms with Crippen LogP contribution in [0.15, 0.2) is 4.63 Å². The molecule has 0 saturated carbocycles. The molecule has 1 aromatic rings. The van der Waals surface area contributed by atoms with Crippen LogP contribution in [0.5, 0.6) is 0 Å². The molecule has 1 fully saturated rings. The Bertz CT molecular complexity index is 462. The number of piperidine rings is 1. The molecule has 1 amide bonds. The number of rotatable bonds is 5. The van der Waals surface area contributed by atoms with Crippen LogP contribution in [0.2, 0.25) is 0 Å². The molecular weight excluding hydrogens is 262 g/mol. The minimum Gasteiger partial charge on any atom is -0.396 e. The molecule has 0 aromatic carbocycles. The fourth-order valence-corrected chi connectivity index (χ4v) is 2.69. The van der Waals surface area contributed by atoms with Crippen LogP contribution in [0.3, 0.4) is 0 Å². The summed E-state index contributed by atoms with van der Waals surface area (Å²) in [7, 11) is 1.64. The first kappa shape index (κ1) is 14.9. The summed E-state index contributed by atoms with van der Waals surface area (Å²) in [4.78, 5) is 14.1. The maximum atomic E-state index is 12.4. The predicted molar refractivity (Wildman–Crippen MR) is 70.2 cm³/mol. The first-order valence-corrected chi connectivity index (χ1v) is 6.80. The quantitative estimate of drug-likeness (QED) is 0.852. The molecule has 112 valence electrons. The van der Waals surface area contributed by atoms with Crippen molar-refractivity contribution in [2.45, 2.75) is 26.2 Å². The fourth-order valence-electron chi connectivity index (χ4n) is 2.69. The number of hydrogen-bond acceptors (Lipinski definition) is 6. The average Bonchev–Trinajstić information content (AvgIpc) is 2.90. The second-order valence-corrected chi connectivity index (χ2v) is 5.43. The van der Waals surface area contributed by atoms with Crippen molar-refractivity contribution in [3.63, 3.8) is 0 Å². The molecule has 1 aliphatic rings. The summed E-state index contributed by atoms with van der Waals surface area (Å²) >= 11 is 0. The maximum absolute atomic E-state index is 12.4. The van der Waals surface area contributed by atoms with Crippen LogP contribution >= 0.6 is 0 Å². The van der Waals surface area contributed by atoms with Crippen molar-refractivity contribution < 1.29 is 19.3 Å². The van der Waals surface area contributed by atoms with Crippen LogP contribution in [0.1, 0.15) is 35.4 Å². The number of nitrogens with zero attached hydrogens (tertiary/aromatic N) is 3. The molecular formula is C13H21N3O4. The van der Waals surface area contributed by atoms with Crippen molar-refractivity contribution >= 4 is 5.91 Å². The van der Waals surface area contributed by atoms with Gasteiger partial charge in [0.15, 0.2) is 5.69 Å². The standard InChI is InChI=1S/C13H21N3O4/c1-10-11(15-20-14-10)12(18)16-6-3-4-13(8-16,9-17)5-7-19-2/h17H,3-9H2,1-2H3. The zero-order chi connectivity index (χ0) is 14.6. The van der Waals surface area contributed by atoms with E-state index in [1.807, 2.05) is 0 Å². The number of aliphatic hydroxyl groups is 1. The Labute approximate surface area is 117 Å². The van der Waals surface area contributed by atoms with E-state index in [1.165, 1.54) is 0 Å². The van der Waals surface area contributed by atoms with Gasteiger partial charge in [0.2, 0.25) is 0 Å². The van der Waals surface area contributed by atoms with Crippen LogP contribution in [-0.4, -0.2) is 59.6 Å². The zero-order valence-electron chi connectivity index (χ0n) is 12.0. The van der Waals surface area contributed by atoms with Gasteiger partial charge in [0.25, 0.3) is 5.91 Å². The highest BCUT2D eigenvalue weighted by molar-refractivity contribution is 5.93. The lowest BCUT2D eigenvalue weighted by Gasteiger charge is -2.41. The minimum absolute atomic E-state index is 0.0518. The van der Waals surface area contributed by atoms with Gasteiger partial charge in [0.05, 0.1) is 6.61 Å². The zero-order valence-corrected chi connectivity index (χ0v) is 12.0. The Morgan fingerprint density at radius 3 is 2.95 bits per heavy atom. The maximum Gasteiger partial charge on any atom is 0.278 e. The molecule has 0 aliphatic carbocycles. The van der Waals surface area contributed by atoms with Crippen LogP contribution in [0, 0.1) is 12.3 Å². The van der Waals surface area contributed by atoms with Gasteiger partial charge < -0.3 is 14.7 Å². The molecule has 2 heterocycles. The van der Waals surface area contributed by atoms with Crippen LogP contribution in [0.25, 0.3) is 0 Å². The number of ether oxygens (including phenoxy) is 1. The third kappa shape index (κ3) is 2.99. The predicted octanol–water partition coefficient (Wildman–Crippen LogP) is 0.629. The summed E-state index contributed by atoms with van der Waals surface area (Å²) < 4.78 is 9.69. The summed E-state index contributed by atoms with van der Waals surface area (Å²) in [5.41, 5.74) is 0.465. The van der Waals surface area contributed by atoms with Crippen LogP contribution < -0.4 is 0 Å². The van der Waals surface area contributed by atoms with Crippen molar-refractivity contribution in [2.75, 3.05) is 33.4 Å². The molecule has 2 rings (SSSR count). The van der Waals surface area contributed by atoms with E-state index in [9.17, 15) is 9.90 Å². The topological polar surface area (TPSA) is 88.7 Å². The Kier molecular flexibility index (Phi) is 4.72. The fraction of sp³-hybridized carbons (Fsp3) is 0.769. The molecule has 7 heteroatoms. The first-order valence-electron chi connectivity index (χ1n) is 6.80. The van der Waals surface area contributed by atoms with Gasteiger partial charge >= 0.3 is 0 Å². The monoisotopic (exact) mass is 283 g/mol. The molecule has 0 spiro atoms. The van der Waals surface area contributed by atoms with Crippen molar-refractivity contribution in [3.8, 4) is 0 Å². The van der Waals surface area contributed by atoms with Gasteiger partial charge in [-0.05, 0) is 31.3 Å². The van der Waals surface area contributed by atoms with Gasteiger partial charge in [-0.1, -0.05) is 5.16 Å². The molecule has 0 bridgehead atoms. The van der Waals surface area contributed by atoms with E-state index in [1.54, 1.807) is 18.9 Å². The molecule has 1 unspecified atom stereocenters. The number of hydrogen-bond donors (Lipinski definition) is 1. The highest BCUT2D eigenvalue weighted by Crippen LogP contribution is 2.33. The molecule has 20 heavy (non-hydrogen) atoms. The Balaban J connectivity index is 2.09. The number of methoxy groups -OCH3 is 1. The summed E-state index contributed by atoms with van der Waals surface area (Å²) in [5.74, 6) is -0.182. The molecule has 1 saturated heterocycles. The number of likely N-dealkylation sites (tertiary alicyclic amines) is 1. The Morgan fingerprint density at radius 2 is 2.35 bits per heavy atom. The SMILES string of the molecule is COCCC1(CO)CCCN(C(=O)c2nonc2C)C1. The second-order valence-electron chi connectivity index (χ2n) is 5.43. The first-order chi connectivity index (χ1) is 9.62. The highest BCUT2D eigenvalue weighted by atomic mass is 16.6. The van der Waals surface area contributed by atoms with Crippen molar-refractivity contribution in [1.29, 1.82) is 0 Å². The van der Waals surface area contributed by atoms with Gasteiger partial charge in [0.1, 0.15) is 5.69 Å². The lowest BCUT2D eigenvalue weighted by molar-refractivity contribution is 0.00854. The summed E-state index contributed by atoms with van der Waals surface area (Å²) in [6, 6.07) is 0. The minimum atomic E-state index is -0.283. The van der Waals surface area contributed by atoms with Crippen molar-refractivity contribution in [3.05, 3.63) is 11.4 Å². The van der Waals surface area contributed by atoms with E-state index in [2.05, 4.69) is 14.9 Å². The second kappa shape index (κ2) is 6.32. The van der Waals surface area contributed by atoms with Gasteiger partial charge in [-0.15, -0.1) is 0 Å². The van der Waals surface area contributed by atoms with Gasteiger partial charge in [0, 0.05) is 32.2 Å². The summed E-state index contributed by atoms with van der Waals surface area (Å²) in [6.45, 7) is 3.50. The van der Waals surface area contributed by atoms with E-state index in [0.29, 0.717) is 25.4 Å². The average molecular weight is 283 g/mol. The lowest BCUT2D eigenvalue weighted by atomic mass is 9.78. The highest BCUT2D eigenvalue weighted by Gasteiger charge is 2.37. The summed E-state index contributed by atoms with van der Waals surface area (Å²) in [6.07, 6.45) is 2.49.